The molecule has 0 aliphatic rings. The van der Waals surface area contributed by atoms with Crippen molar-refractivity contribution in [3.8, 4) is 11.5 Å². The molecule has 6 nitrogen and oxygen atoms in total. The number of halogens is 1. The van der Waals surface area contributed by atoms with Crippen molar-refractivity contribution < 1.29 is 22.9 Å². The van der Waals surface area contributed by atoms with Crippen LogP contribution in [0.1, 0.15) is 31.7 Å². The molecule has 1 heterocycles. The molecule has 1 aromatic carbocycles. The van der Waals surface area contributed by atoms with Crippen molar-refractivity contribution in [2.24, 2.45) is 0 Å². The van der Waals surface area contributed by atoms with E-state index in [0.29, 0.717) is 31.0 Å². The Morgan fingerprint density at radius 3 is 2.85 bits per heavy atom. The predicted octanol–water partition coefficient (Wildman–Crippen LogP) is 2.97. The van der Waals surface area contributed by atoms with Gasteiger partial charge in [0.2, 0.25) is 5.89 Å². The van der Waals surface area contributed by atoms with Gasteiger partial charge in [0.1, 0.15) is 17.3 Å². The first-order chi connectivity index (χ1) is 12.9. The Balaban J connectivity index is 1.83. The van der Waals surface area contributed by atoms with Crippen LogP contribution >= 0.6 is 0 Å². The standard InChI is InChI=1S/C19H25FN2O4S/c1-13(2)25-10-6-9-21-18(23)12-27(24)11-17-14(3)26-19(22-17)15-7-4-5-8-16(15)20/h4-5,7-8,13H,6,9-12H2,1-3H3,(H,21,23). The van der Waals surface area contributed by atoms with E-state index in [-0.39, 0.29) is 35.0 Å². The summed E-state index contributed by atoms with van der Waals surface area (Å²) in [6.45, 7) is 6.62. The first-order valence-electron chi connectivity index (χ1n) is 8.81. The monoisotopic (exact) mass is 396 g/mol. The Morgan fingerprint density at radius 1 is 1.41 bits per heavy atom. The molecule has 0 fully saturated rings. The van der Waals surface area contributed by atoms with Crippen molar-refractivity contribution in [3.05, 3.63) is 41.5 Å². The number of nitrogens with zero attached hydrogens (tertiary/aromatic N) is 1. The van der Waals surface area contributed by atoms with Crippen LogP contribution in [-0.4, -0.2) is 40.5 Å². The molecule has 0 aliphatic heterocycles. The second-order valence-electron chi connectivity index (χ2n) is 6.35. The van der Waals surface area contributed by atoms with Gasteiger partial charge < -0.3 is 19.0 Å². The third kappa shape index (κ3) is 6.97. The molecule has 8 heteroatoms. The molecule has 148 valence electrons. The Bertz CT molecular complexity index is 751. The minimum atomic E-state index is -1.43. The van der Waals surface area contributed by atoms with Gasteiger partial charge in [0.25, 0.3) is 5.91 Å². The lowest BCUT2D eigenvalue weighted by molar-refractivity contribution is -0.118. The molecular weight excluding hydrogens is 371 g/mol. The molecule has 27 heavy (non-hydrogen) atoms. The highest BCUT2D eigenvalue weighted by molar-refractivity contribution is 7.91. The van der Waals surface area contributed by atoms with Crippen LogP contribution in [0.2, 0.25) is 0 Å². The van der Waals surface area contributed by atoms with E-state index in [1.54, 1.807) is 25.1 Å². The van der Waals surface area contributed by atoms with E-state index in [4.69, 9.17) is 9.15 Å². The molecule has 0 bridgehead atoms. The number of aryl methyl sites for hydroxylation is 1. The molecule has 0 spiro atoms. The summed E-state index contributed by atoms with van der Waals surface area (Å²) in [6.07, 6.45) is 0.860. The molecule has 1 N–H and O–H groups in total. The summed E-state index contributed by atoms with van der Waals surface area (Å²) in [5, 5.41) is 2.72. The smallest absolute Gasteiger partial charge is 0.269 e. The lowest BCUT2D eigenvalue weighted by atomic mass is 10.2. The van der Waals surface area contributed by atoms with Gasteiger partial charge in [-0.25, -0.2) is 9.37 Å². The van der Waals surface area contributed by atoms with Gasteiger partial charge in [0, 0.05) is 13.2 Å². The number of hydrogen-bond acceptors (Lipinski definition) is 5. The molecule has 2 rings (SSSR count). The zero-order valence-corrected chi connectivity index (χ0v) is 16.6. The Kier molecular flexibility index (Phi) is 8.27. The lowest BCUT2D eigenvalue weighted by Crippen LogP contribution is -2.32. The maximum atomic E-state index is 13.8. The zero-order chi connectivity index (χ0) is 19.8. The number of nitrogens with one attached hydrogen (secondary N) is 1. The third-order valence-electron chi connectivity index (χ3n) is 3.68. The van der Waals surface area contributed by atoms with Crippen LogP contribution in [0.15, 0.2) is 28.7 Å². The Hall–Kier alpha value is -1.90. The maximum Gasteiger partial charge on any atom is 0.269 e. The van der Waals surface area contributed by atoms with Crippen LogP contribution in [0.5, 0.6) is 0 Å². The van der Waals surface area contributed by atoms with Crippen molar-refractivity contribution in [2.75, 3.05) is 18.9 Å². The summed E-state index contributed by atoms with van der Waals surface area (Å²) in [7, 11) is 0. The summed E-state index contributed by atoms with van der Waals surface area (Å²) in [5.74, 6) is -0.152. The molecule has 0 radical (unpaired) electrons. The average Bonchev–Trinajstić information content (AvgIpc) is 2.95. The van der Waals surface area contributed by atoms with Crippen molar-refractivity contribution in [1.29, 1.82) is 0 Å². The second-order valence-corrected chi connectivity index (χ2v) is 7.81. The molecule has 2 aromatic rings. The first-order valence-corrected chi connectivity index (χ1v) is 10.3. The van der Waals surface area contributed by atoms with Gasteiger partial charge in [-0.1, -0.05) is 12.1 Å². The van der Waals surface area contributed by atoms with E-state index in [2.05, 4.69) is 10.3 Å². The second kappa shape index (κ2) is 10.4. The number of oxazole rings is 1. The van der Waals surface area contributed by atoms with E-state index in [1.165, 1.54) is 6.07 Å². The van der Waals surface area contributed by atoms with Crippen LogP contribution in [0, 0.1) is 12.7 Å². The molecule has 0 saturated heterocycles. The minimum absolute atomic E-state index is 0.0771. The molecule has 0 saturated carbocycles. The van der Waals surface area contributed by atoms with E-state index in [1.807, 2.05) is 13.8 Å². The first kappa shape index (κ1) is 21.4. The molecule has 1 aromatic heterocycles. The molecule has 1 unspecified atom stereocenters. The Labute approximate surface area is 161 Å². The van der Waals surface area contributed by atoms with Crippen LogP contribution in [-0.2, 0) is 26.5 Å². The zero-order valence-electron chi connectivity index (χ0n) is 15.8. The van der Waals surface area contributed by atoms with Crippen LogP contribution in [0.25, 0.3) is 11.5 Å². The van der Waals surface area contributed by atoms with Gasteiger partial charge in [-0.2, -0.15) is 0 Å². The summed E-state index contributed by atoms with van der Waals surface area (Å²) in [6, 6.07) is 6.16. The number of amides is 1. The maximum absolute atomic E-state index is 13.8. The van der Waals surface area contributed by atoms with Gasteiger partial charge >= 0.3 is 0 Å². The SMILES string of the molecule is Cc1oc(-c2ccccc2F)nc1C[S+]([O-])CC(=O)NCCCOC(C)C. The van der Waals surface area contributed by atoms with Crippen molar-refractivity contribution >= 4 is 17.1 Å². The van der Waals surface area contributed by atoms with E-state index in [9.17, 15) is 13.7 Å². The minimum Gasteiger partial charge on any atom is -0.616 e. The van der Waals surface area contributed by atoms with Gasteiger partial charge in [-0.3, -0.25) is 4.79 Å². The topological polar surface area (TPSA) is 87.4 Å². The summed E-state index contributed by atoms with van der Waals surface area (Å²) >= 11 is -1.43. The highest BCUT2D eigenvalue weighted by atomic mass is 32.2. The fourth-order valence-corrected chi connectivity index (χ4v) is 3.40. The molecular formula is C19H25FN2O4S. The molecule has 1 amide bonds. The number of benzene rings is 1. The van der Waals surface area contributed by atoms with E-state index < -0.39 is 17.0 Å². The van der Waals surface area contributed by atoms with Gasteiger partial charge in [0.05, 0.1) is 11.7 Å². The van der Waals surface area contributed by atoms with Crippen LogP contribution < -0.4 is 5.32 Å². The normalized spacial score (nSPS) is 12.4. The summed E-state index contributed by atoms with van der Waals surface area (Å²) in [4.78, 5) is 16.1. The van der Waals surface area contributed by atoms with Crippen LogP contribution in [0.3, 0.4) is 0 Å². The third-order valence-corrected chi connectivity index (χ3v) is 4.86. The van der Waals surface area contributed by atoms with Crippen molar-refractivity contribution in [2.45, 2.75) is 39.0 Å². The highest BCUT2D eigenvalue weighted by Gasteiger charge is 2.20. The number of ether oxygens (including phenoxy) is 1. The molecule has 1 atom stereocenters. The van der Waals surface area contributed by atoms with Gasteiger partial charge in [-0.15, -0.1) is 0 Å². The summed E-state index contributed by atoms with van der Waals surface area (Å²) in [5.41, 5.74) is 0.712. The fourth-order valence-electron chi connectivity index (χ4n) is 2.33. The van der Waals surface area contributed by atoms with E-state index >= 15 is 0 Å². The number of hydrogen-bond donors (Lipinski definition) is 1. The molecule has 0 aliphatic carbocycles. The van der Waals surface area contributed by atoms with Crippen molar-refractivity contribution in [1.82, 2.24) is 10.3 Å². The number of carbonyl (C=O) groups is 1. The van der Waals surface area contributed by atoms with Gasteiger partial charge in [-0.05, 0) is 50.5 Å². The summed E-state index contributed by atoms with van der Waals surface area (Å²) < 4.78 is 37.0. The quantitative estimate of drug-likeness (QED) is 0.493. The largest absolute Gasteiger partial charge is 0.616 e. The number of rotatable bonds is 10. The Morgan fingerprint density at radius 2 is 2.15 bits per heavy atom. The van der Waals surface area contributed by atoms with Crippen molar-refractivity contribution in [3.63, 3.8) is 0 Å². The van der Waals surface area contributed by atoms with Gasteiger partial charge in [0.15, 0.2) is 11.5 Å². The highest BCUT2D eigenvalue weighted by Crippen LogP contribution is 2.25. The van der Waals surface area contributed by atoms with Crippen LogP contribution in [0.4, 0.5) is 4.39 Å². The predicted molar refractivity (Wildman–Crippen MR) is 102 cm³/mol. The fraction of sp³-hybridized carbons (Fsp3) is 0.474. The number of aromatic nitrogens is 1. The number of carbonyl (C=O) groups excluding carboxylic acids is 1. The lowest BCUT2D eigenvalue weighted by Gasteiger charge is -2.11. The average molecular weight is 396 g/mol. The van der Waals surface area contributed by atoms with E-state index in [0.717, 1.165) is 0 Å².